The Morgan fingerprint density at radius 3 is 2.46 bits per heavy atom. The first-order valence-corrected chi connectivity index (χ1v) is 4.54. The van der Waals surface area contributed by atoms with Crippen LogP contribution in [0.2, 0.25) is 0 Å². The van der Waals surface area contributed by atoms with Gasteiger partial charge in [0.05, 0.1) is 0 Å². The van der Waals surface area contributed by atoms with Gasteiger partial charge in [0.2, 0.25) is 0 Å². The zero-order valence-electron chi connectivity index (χ0n) is 7.92. The Bertz CT molecular complexity index is 277. The van der Waals surface area contributed by atoms with Crippen LogP contribution < -0.4 is 0 Å². The van der Waals surface area contributed by atoms with Crippen molar-refractivity contribution < 1.29 is 0 Å². The molecule has 1 aromatic rings. The van der Waals surface area contributed by atoms with E-state index in [2.05, 4.69) is 6.08 Å². The summed E-state index contributed by atoms with van der Waals surface area (Å²) in [7, 11) is 3.96. The number of rotatable bonds is 3. The number of benzene rings is 1. The first kappa shape index (κ1) is 10.3. The van der Waals surface area contributed by atoms with E-state index in [0.29, 0.717) is 0 Å². The molecule has 0 aromatic heterocycles. The molecule has 0 aliphatic heterocycles. The van der Waals surface area contributed by atoms with Crippen LogP contribution in [0.4, 0.5) is 0 Å². The quantitative estimate of drug-likeness (QED) is 0.669. The van der Waals surface area contributed by atoms with E-state index in [-0.39, 0.29) is 0 Å². The molecular formula is C11H13ClN-. The standard InChI is InChI=1S/C11H13ClN/c1-13(2)9-11(12)8-10-6-4-3-5-7-10/h3-7H,9H2,1-2H3/q-1. The van der Waals surface area contributed by atoms with Gasteiger partial charge in [-0.25, -0.2) is 0 Å². The molecule has 0 aliphatic carbocycles. The lowest BCUT2D eigenvalue weighted by molar-refractivity contribution is 0.452. The fourth-order valence-corrected chi connectivity index (χ4v) is 1.34. The summed E-state index contributed by atoms with van der Waals surface area (Å²) in [5, 5.41) is 0.733. The van der Waals surface area contributed by atoms with Gasteiger partial charge in [0.1, 0.15) is 0 Å². The predicted molar refractivity (Wildman–Crippen MR) is 56.7 cm³/mol. The second kappa shape index (κ2) is 5.05. The normalized spacial score (nSPS) is 12.2. The Hall–Kier alpha value is -0.790. The van der Waals surface area contributed by atoms with Crippen LogP contribution in [0.25, 0.3) is 0 Å². The van der Waals surface area contributed by atoms with Crippen LogP contribution in [0.15, 0.2) is 35.4 Å². The minimum absolute atomic E-state index is 0.733. The van der Waals surface area contributed by atoms with Crippen molar-refractivity contribution in [1.82, 2.24) is 4.90 Å². The van der Waals surface area contributed by atoms with Crippen LogP contribution >= 0.6 is 11.6 Å². The fraction of sp³-hybridized carbons (Fsp3) is 0.273. The number of halogens is 1. The largest absolute Gasteiger partial charge is 0.305 e. The molecule has 1 aromatic carbocycles. The topological polar surface area (TPSA) is 3.24 Å². The first-order valence-electron chi connectivity index (χ1n) is 4.16. The first-order chi connectivity index (χ1) is 6.18. The van der Waals surface area contributed by atoms with Gasteiger partial charge in [-0.1, -0.05) is 6.07 Å². The molecule has 0 amide bonds. The Balaban J connectivity index is 2.66. The molecule has 13 heavy (non-hydrogen) atoms. The summed E-state index contributed by atoms with van der Waals surface area (Å²) in [6.07, 6.45) is 3.11. The van der Waals surface area contributed by atoms with E-state index < -0.39 is 0 Å². The number of likely N-dealkylation sites (N-methyl/N-ethyl adjacent to an activating group) is 1. The summed E-state index contributed by atoms with van der Waals surface area (Å²) in [4.78, 5) is 2.01. The Labute approximate surface area is 84.6 Å². The van der Waals surface area contributed by atoms with Crippen molar-refractivity contribution in [1.29, 1.82) is 0 Å². The smallest absolute Gasteiger partial charge is 0.0215 e. The minimum atomic E-state index is 0.733. The van der Waals surface area contributed by atoms with Crippen LogP contribution in [0.3, 0.4) is 0 Å². The van der Waals surface area contributed by atoms with E-state index in [1.165, 1.54) is 0 Å². The van der Waals surface area contributed by atoms with E-state index in [9.17, 15) is 0 Å². The molecule has 0 unspecified atom stereocenters. The van der Waals surface area contributed by atoms with Crippen molar-refractivity contribution in [3.63, 3.8) is 0 Å². The van der Waals surface area contributed by atoms with Gasteiger partial charge in [-0.2, -0.15) is 23.8 Å². The third-order valence-electron chi connectivity index (χ3n) is 1.51. The minimum Gasteiger partial charge on any atom is -0.305 e. The highest BCUT2D eigenvalue weighted by Crippen LogP contribution is 2.07. The van der Waals surface area contributed by atoms with Crippen LogP contribution in [0.5, 0.6) is 0 Å². The molecule has 0 fully saturated rings. The van der Waals surface area contributed by atoms with Gasteiger partial charge >= 0.3 is 0 Å². The lowest BCUT2D eigenvalue weighted by Crippen LogP contribution is -2.13. The fourth-order valence-electron chi connectivity index (χ4n) is 0.995. The molecule has 0 saturated heterocycles. The highest BCUT2D eigenvalue weighted by atomic mass is 35.5. The van der Waals surface area contributed by atoms with Crippen LogP contribution in [-0.4, -0.2) is 25.5 Å². The maximum absolute atomic E-state index is 5.97. The summed E-state index contributed by atoms with van der Waals surface area (Å²) in [5.74, 6) is 0. The highest BCUT2D eigenvalue weighted by Gasteiger charge is 1.90. The van der Waals surface area contributed by atoms with Crippen LogP contribution in [0.1, 0.15) is 5.56 Å². The molecule has 70 valence electrons. The van der Waals surface area contributed by atoms with Crippen LogP contribution in [0, 0.1) is 6.08 Å². The van der Waals surface area contributed by atoms with Gasteiger partial charge in [0, 0.05) is 6.54 Å². The summed E-state index contributed by atoms with van der Waals surface area (Å²) in [6.45, 7) is 0.733. The molecule has 0 bridgehead atoms. The van der Waals surface area contributed by atoms with Crippen molar-refractivity contribution in [2.45, 2.75) is 0 Å². The van der Waals surface area contributed by atoms with Gasteiger partial charge in [0.15, 0.2) is 0 Å². The highest BCUT2D eigenvalue weighted by molar-refractivity contribution is 6.29. The van der Waals surface area contributed by atoms with Crippen molar-refractivity contribution in [3.8, 4) is 0 Å². The zero-order chi connectivity index (χ0) is 9.68. The summed E-state index contributed by atoms with van der Waals surface area (Å²) in [5.41, 5.74) is 1.02. The molecule has 0 N–H and O–H groups in total. The molecule has 1 rings (SSSR count). The lowest BCUT2D eigenvalue weighted by atomic mass is 10.2. The number of hydrogen-bond donors (Lipinski definition) is 0. The Morgan fingerprint density at radius 1 is 1.31 bits per heavy atom. The Morgan fingerprint density at radius 2 is 1.92 bits per heavy atom. The summed E-state index contributed by atoms with van der Waals surface area (Å²) >= 11 is 5.97. The predicted octanol–water partition coefficient (Wildman–Crippen LogP) is 2.52. The zero-order valence-corrected chi connectivity index (χ0v) is 8.67. The van der Waals surface area contributed by atoms with Crippen LogP contribution in [-0.2, 0) is 0 Å². The SMILES string of the molecule is CN(C)CC(Cl)=[C-]c1ccccc1. The second-order valence-electron chi connectivity index (χ2n) is 3.13. The second-order valence-corrected chi connectivity index (χ2v) is 3.59. The van der Waals surface area contributed by atoms with Crippen molar-refractivity contribution in [2.75, 3.05) is 20.6 Å². The summed E-state index contributed by atoms with van der Waals surface area (Å²) in [6, 6.07) is 9.89. The molecule has 0 spiro atoms. The van der Waals surface area contributed by atoms with Gasteiger partial charge in [0.25, 0.3) is 0 Å². The molecule has 0 atom stereocenters. The Kier molecular flexibility index (Phi) is 4.00. The van der Waals surface area contributed by atoms with E-state index in [1.807, 2.05) is 49.3 Å². The number of hydrogen-bond acceptors (Lipinski definition) is 1. The molecule has 0 heterocycles. The van der Waals surface area contributed by atoms with Crippen molar-refractivity contribution >= 4 is 11.6 Å². The van der Waals surface area contributed by atoms with E-state index in [4.69, 9.17) is 11.6 Å². The summed E-state index contributed by atoms with van der Waals surface area (Å²) < 4.78 is 0. The monoisotopic (exact) mass is 194 g/mol. The average Bonchev–Trinajstić information content (AvgIpc) is 2.04. The van der Waals surface area contributed by atoms with Crippen molar-refractivity contribution in [2.24, 2.45) is 0 Å². The third-order valence-corrected chi connectivity index (χ3v) is 1.72. The maximum Gasteiger partial charge on any atom is 0.0215 e. The average molecular weight is 195 g/mol. The van der Waals surface area contributed by atoms with Gasteiger partial charge in [-0.3, -0.25) is 0 Å². The van der Waals surface area contributed by atoms with E-state index in [1.54, 1.807) is 0 Å². The molecule has 0 radical (unpaired) electrons. The molecular weight excluding hydrogens is 182 g/mol. The van der Waals surface area contributed by atoms with Gasteiger partial charge < -0.3 is 4.90 Å². The molecule has 1 nitrogen and oxygen atoms in total. The maximum atomic E-state index is 5.97. The van der Waals surface area contributed by atoms with Crippen molar-refractivity contribution in [3.05, 3.63) is 47.0 Å². The molecule has 0 saturated carbocycles. The molecule has 2 heteroatoms. The van der Waals surface area contributed by atoms with E-state index >= 15 is 0 Å². The van der Waals surface area contributed by atoms with Gasteiger partial charge in [-0.15, -0.1) is 23.7 Å². The molecule has 0 aliphatic rings. The number of nitrogens with zero attached hydrogens (tertiary/aromatic N) is 1. The third kappa shape index (κ3) is 4.11. The van der Waals surface area contributed by atoms with Gasteiger partial charge in [-0.05, 0) is 19.1 Å². The van der Waals surface area contributed by atoms with E-state index in [0.717, 1.165) is 17.1 Å². The lowest BCUT2D eigenvalue weighted by Gasteiger charge is -2.11.